The smallest absolute Gasteiger partial charge is 0.116 e. The first-order valence-electron chi connectivity index (χ1n) is 1.88. The third kappa shape index (κ3) is 0.652. The van der Waals surface area contributed by atoms with Gasteiger partial charge in [0, 0.05) is 19.1 Å². The molecule has 7 heavy (non-hydrogen) atoms. The van der Waals surface area contributed by atoms with Crippen LogP contribution in [0.1, 0.15) is 0 Å². The SMILES string of the molecule is C=Nn1ccnc1. The summed E-state index contributed by atoms with van der Waals surface area (Å²) in [6.07, 6.45) is 4.94. The summed E-state index contributed by atoms with van der Waals surface area (Å²) in [4.78, 5) is 3.72. The Balaban J connectivity index is 2.96. The Morgan fingerprint density at radius 2 is 2.57 bits per heavy atom. The maximum Gasteiger partial charge on any atom is 0.116 e. The minimum Gasteiger partial charge on any atom is -0.243 e. The normalized spacial score (nSPS) is 8.57. The summed E-state index contributed by atoms with van der Waals surface area (Å²) in [6, 6.07) is 0. The summed E-state index contributed by atoms with van der Waals surface area (Å²) in [6.45, 7) is 3.28. The monoisotopic (exact) mass is 95.0 g/mol. The van der Waals surface area contributed by atoms with Gasteiger partial charge in [-0.25, -0.2) is 9.66 Å². The van der Waals surface area contributed by atoms with Crippen LogP contribution in [0.15, 0.2) is 23.8 Å². The summed E-state index contributed by atoms with van der Waals surface area (Å²) in [5.74, 6) is 0. The van der Waals surface area contributed by atoms with Crippen LogP contribution in [-0.2, 0) is 0 Å². The molecule has 0 unspecified atom stereocenters. The van der Waals surface area contributed by atoms with E-state index in [2.05, 4.69) is 16.8 Å². The molecule has 1 aromatic heterocycles. The molecule has 0 amide bonds. The zero-order chi connectivity index (χ0) is 5.11. The van der Waals surface area contributed by atoms with E-state index in [1.807, 2.05) is 0 Å². The Bertz CT molecular complexity index is 142. The van der Waals surface area contributed by atoms with Gasteiger partial charge >= 0.3 is 0 Å². The van der Waals surface area contributed by atoms with Crippen LogP contribution in [0, 0.1) is 0 Å². The number of nitrogens with zero attached hydrogens (tertiary/aromatic N) is 3. The van der Waals surface area contributed by atoms with Gasteiger partial charge < -0.3 is 0 Å². The first-order chi connectivity index (χ1) is 3.43. The predicted octanol–water partition coefficient (Wildman–Crippen LogP) is 0.347. The van der Waals surface area contributed by atoms with Crippen LogP contribution in [0.2, 0.25) is 0 Å². The van der Waals surface area contributed by atoms with E-state index in [9.17, 15) is 0 Å². The Kier molecular flexibility index (Phi) is 0.898. The van der Waals surface area contributed by atoms with Crippen molar-refractivity contribution in [2.75, 3.05) is 0 Å². The average Bonchev–Trinajstić information content (AvgIpc) is 2.14. The highest BCUT2D eigenvalue weighted by Gasteiger charge is 1.74. The van der Waals surface area contributed by atoms with E-state index in [0.29, 0.717) is 0 Å². The van der Waals surface area contributed by atoms with E-state index in [4.69, 9.17) is 0 Å². The molecule has 0 saturated carbocycles. The highest BCUT2D eigenvalue weighted by atomic mass is 15.3. The zero-order valence-electron chi connectivity index (χ0n) is 3.78. The summed E-state index contributed by atoms with van der Waals surface area (Å²) in [7, 11) is 0. The number of imidazole rings is 1. The van der Waals surface area contributed by atoms with Crippen LogP contribution in [-0.4, -0.2) is 16.4 Å². The molecule has 0 aliphatic heterocycles. The maximum atomic E-state index is 3.72. The third-order valence-corrected chi connectivity index (χ3v) is 0.654. The first kappa shape index (κ1) is 4.05. The summed E-state index contributed by atoms with van der Waals surface area (Å²) >= 11 is 0. The van der Waals surface area contributed by atoms with Gasteiger partial charge in [0.1, 0.15) is 6.33 Å². The van der Waals surface area contributed by atoms with Crippen LogP contribution in [0.5, 0.6) is 0 Å². The lowest BCUT2D eigenvalue weighted by atomic mass is 11.0. The highest BCUT2D eigenvalue weighted by Crippen LogP contribution is 1.79. The second-order valence-electron chi connectivity index (χ2n) is 1.08. The second-order valence-corrected chi connectivity index (χ2v) is 1.08. The fourth-order valence-corrected chi connectivity index (χ4v) is 0.336. The van der Waals surface area contributed by atoms with Crippen LogP contribution in [0.3, 0.4) is 0 Å². The molecule has 1 aromatic rings. The van der Waals surface area contributed by atoms with E-state index < -0.39 is 0 Å². The van der Waals surface area contributed by atoms with Crippen molar-refractivity contribution in [2.45, 2.75) is 0 Å². The summed E-state index contributed by atoms with van der Waals surface area (Å²) < 4.78 is 1.53. The molecular formula is C4H5N3. The molecule has 0 fully saturated rings. The minimum absolute atomic E-state index is 1.53. The molecule has 1 rings (SSSR count). The number of rotatable bonds is 1. The summed E-state index contributed by atoms with van der Waals surface area (Å²) in [5, 5.41) is 3.53. The molecule has 0 bridgehead atoms. The second kappa shape index (κ2) is 1.55. The Labute approximate surface area is 41.3 Å². The van der Waals surface area contributed by atoms with Crippen molar-refractivity contribution in [1.29, 1.82) is 0 Å². The maximum absolute atomic E-state index is 3.72. The first-order valence-corrected chi connectivity index (χ1v) is 1.88. The summed E-state index contributed by atoms with van der Waals surface area (Å²) in [5.41, 5.74) is 0. The van der Waals surface area contributed by atoms with Gasteiger partial charge in [0.05, 0.1) is 0 Å². The van der Waals surface area contributed by atoms with E-state index in [1.165, 1.54) is 4.68 Å². The molecule has 0 aromatic carbocycles. The van der Waals surface area contributed by atoms with Gasteiger partial charge in [-0.2, -0.15) is 5.10 Å². The van der Waals surface area contributed by atoms with Crippen molar-refractivity contribution >= 4 is 6.72 Å². The van der Waals surface area contributed by atoms with Crippen molar-refractivity contribution in [1.82, 2.24) is 9.66 Å². The minimum atomic E-state index is 1.53. The quantitative estimate of drug-likeness (QED) is 0.463. The van der Waals surface area contributed by atoms with E-state index in [-0.39, 0.29) is 0 Å². The standard InChI is InChI=1S/C4H5N3/c1-5-7-3-2-6-4-7/h2-4H,1H2. The average molecular weight is 95.1 g/mol. The van der Waals surface area contributed by atoms with Crippen LogP contribution in [0.4, 0.5) is 0 Å². The molecule has 0 radical (unpaired) electrons. The van der Waals surface area contributed by atoms with Crippen molar-refractivity contribution in [2.24, 2.45) is 5.10 Å². The van der Waals surface area contributed by atoms with Gasteiger partial charge in [-0.3, -0.25) is 0 Å². The molecule has 0 saturated heterocycles. The van der Waals surface area contributed by atoms with Crippen LogP contribution in [0.25, 0.3) is 0 Å². The fraction of sp³-hybridized carbons (Fsp3) is 0. The molecule has 0 N–H and O–H groups in total. The number of hydrogen-bond donors (Lipinski definition) is 0. The molecule has 0 atom stereocenters. The molecular weight excluding hydrogens is 90.1 g/mol. The Hall–Kier alpha value is -1.12. The van der Waals surface area contributed by atoms with Gasteiger partial charge in [0.2, 0.25) is 0 Å². The topological polar surface area (TPSA) is 30.2 Å². The van der Waals surface area contributed by atoms with E-state index in [0.717, 1.165) is 0 Å². The van der Waals surface area contributed by atoms with Crippen molar-refractivity contribution in [3.63, 3.8) is 0 Å². The van der Waals surface area contributed by atoms with Gasteiger partial charge in [-0.15, -0.1) is 0 Å². The molecule has 0 spiro atoms. The van der Waals surface area contributed by atoms with Gasteiger partial charge in [-0.05, 0) is 0 Å². The third-order valence-electron chi connectivity index (χ3n) is 0.654. The Morgan fingerprint density at radius 1 is 1.71 bits per heavy atom. The van der Waals surface area contributed by atoms with Gasteiger partial charge in [0.25, 0.3) is 0 Å². The van der Waals surface area contributed by atoms with Gasteiger partial charge in [0.15, 0.2) is 0 Å². The molecule has 0 aliphatic carbocycles. The molecule has 3 nitrogen and oxygen atoms in total. The zero-order valence-corrected chi connectivity index (χ0v) is 3.78. The van der Waals surface area contributed by atoms with Crippen LogP contribution < -0.4 is 0 Å². The Morgan fingerprint density at radius 3 is 2.86 bits per heavy atom. The van der Waals surface area contributed by atoms with Crippen LogP contribution >= 0.6 is 0 Å². The number of hydrogen-bond acceptors (Lipinski definition) is 2. The van der Waals surface area contributed by atoms with E-state index in [1.54, 1.807) is 18.7 Å². The molecule has 0 aliphatic rings. The van der Waals surface area contributed by atoms with E-state index >= 15 is 0 Å². The van der Waals surface area contributed by atoms with Gasteiger partial charge in [-0.1, -0.05) is 0 Å². The lowest BCUT2D eigenvalue weighted by Gasteiger charge is -1.80. The molecule has 3 heteroatoms. The molecule has 36 valence electrons. The lowest BCUT2D eigenvalue weighted by molar-refractivity contribution is 0.886. The largest absolute Gasteiger partial charge is 0.243 e. The fourth-order valence-electron chi connectivity index (χ4n) is 0.336. The predicted molar refractivity (Wildman–Crippen MR) is 27.2 cm³/mol. The van der Waals surface area contributed by atoms with Crippen molar-refractivity contribution in [3.8, 4) is 0 Å². The molecule has 1 heterocycles. The highest BCUT2D eigenvalue weighted by molar-refractivity contribution is 5.22. The van der Waals surface area contributed by atoms with Crippen molar-refractivity contribution < 1.29 is 0 Å². The lowest BCUT2D eigenvalue weighted by Crippen LogP contribution is -1.76. The van der Waals surface area contributed by atoms with Crippen molar-refractivity contribution in [3.05, 3.63) is 18.7 Å². The number of aromatic nitrogens is 2.